The summed E-state index contributed by atoms with van der Waals surface area (Å²) in [6.45, 7) is 6.25. The van der Waals surface area contributed by atoms with Gasteiger partial charge in [0.2, 0.25) is 0 Å². The van der Waals surface area contributed by atoms with Gasteiger partial charge in [-0.15, -0.1) is 11.8 Å². The van der Waals surface area contributed by atoms with E-state index in [9.17, 15) is 9.59 Å². The van der Waals surface area contributed by atoms with Crippen molar-refractivity contribution in [3.8, 4) is 0 Å². The number of aliphatic carboxylic acids is 1. The van der Waals surface area contributed by atoms with Crippen LogP contribution >= 0.6 is 11.8 Å². The quantitative estimate of drug-likeness (QED) is 0.779. The Labute approximate surface area is 111 Å². The Hall–Kier alpha value is -0.950. The van der Waals surface area contributed by atoms with Crippen molar-refractivity contribution in [2.24, 2.45) is 0 Å². The van der Waals surface area contributed by atoms with E-state index in [1.807, 2.05) is 0 Å². The van der Waals surface area contributed by atoms with Gasteiger partial charge in [-0.3, -0.25) is 0 Å². The van der Waals surface area contributed by atoms with Crippen LogP contribution in [0.3, 0.4) is 0 Å². The summed E-state index contributed by atoms with van der Waals surface area (Å²) in [7, 11) is 0. The fourth-order valence-corrected chi connectivity index (χ4v) is 3.41. The number of carboxylic acid groups (broad SMARTS) is 1. The number of carbonyl (C=O) groups is 2. The number of likely N-dealkylation sites (N-methyl/N-ethyl adjacent to an activating group) is 1. The Bertz CT molecular complexity index is 331. The first-order valence-electron chi connectivity index (χ1n) is 6.22. The number of carbonyl (C=O) groups excluding carboxylic acids is 1. The second-order valence-electron chi connectivity index (χ2n) is 4.53. The SMILES string of the molecule is CCN1CCN(C(=O)N2CSC[C@H]2C(=O)O)CC1. The van der Waals surface area contributed by atoms with Gasteiger partial charge >= 0.3 is 12.0 Å². The summed E-state index contributed by atoms with van der Waals surface area (Å²) < 4.78 is 0. The fraction of sp³-hybridized carbons (Fsp3) is 0.818. The number of carboxylic acids is 1. The zero-order chi connectivity index (χ0) is 13.1. The smallest absolute Gasteiger partial charge is 0.327 e. The molecule has 0 spiro atoms. The van der Waals surface area contributed by atoms with Crippen LogP contribution < -0.4 is 0 Å². The highest BCUT2D eigenvalue weighted by Crippen LogP contribution is 2.22. The lowest BCUT2D eigenvalue weighted by Crippen LogP contribution is -2.54. The molecule has 0 aromatic rings. The van der Waals surface area contributed by atoms with Crippen LogP contribution in [0.5, 0.6) is 0 Å². The molecule has 1 N–H and O–H groups in total. The van der Waals surface area contributed by atoms with E-state index >= 15 is 0 Å². The third-order valence-corrected chi connectivity index (χ3v) is 4.52. The van der Waals surface area contributed by atoms with Crippen LogP contribution in [-0.4, -0.2) is 82.2 Å². The number of hydrogen-bond acceptors (Lipinski definition) is 4. The maximum absolute atomic E-state index is 12.3. The zero-order valence-corrected chi connectivity index (χ0v) is 11.4. The normalized spacial score (nSPS) is 25.5. The highest BCUT2D eigenvalue weighted by molar-refractivity contribution is 7.99. The van der Waals surface area contributed by atoms with Crippen molar-refractivity contribution < 1.29 is 14.7 Å². The number of urea groups is 1. The van der Waals surface area contributed by atoms with Gasteiger partial charge in [-0.25, -0.2) is 9.59 Å². The summed E-state index contributed by atoms with van der Waals surface area (Å²) in [5.74, 6) is 0.0836. The van der Waals surface area contributed by atoms with Gasteiger partial charge in [-0.05, 0) is 6.54 Å². The van der Waals surface area contributed by atoms with Crippen LogP contribution in [0, 0.1) is 0 Å². The Morgan fingerprint density at radius 3 is 2.50 bits per heavy atom. The zero-order valence-electron chi connectivity index (χ0n) is 10.5. The topological polar surface area (TPSA) is 64.1 Å². The van der Waals surface area contributed by atoms with Crippen molar-refractivity contribution in [3.63, 3.8) is 0 Å². The molecule has 2 fully saturated rings. The molecule has 0 aromatic heterocycles. The van der Waals surface area contributed by atoms with Crippen LogP contribution in [0.15, 0.2) is 0 Å². The largest absolute Gasteiger partial charge is 0.480 e. The second kappa shape index (κ2) is 5.79. The Morgan fingerprint density at radius 1 is 1.28 bits per heavy atom. The van der Waals surface area contributed by atoms with Gasteiger partial charge < -0.3 is 19.8 Å². The van der Waals surface area contributed by atoms with Crippen LogP contribution in [0.1, 0.15) is 6.92 Å². The maximum Gasteiger partial charge on any atom is 0.327 e. The van der Waals surface area contributed by atoms with Crippen LogP contribution in [-0.2, 0) is 4.79 Å². The molecular formula is C11H19N3O3S. The lowest BCUT2D eigenvalue weighted by molar-refractivity contribution is -0.141. The monoisotopic (exact) mass is 273 g/mol. The summed E-state index contributed by atoms with van der Waals surface area (Å²) in [6, 6.07) is -0.783. The number of amides is 2. The molecule has 7 heteroatoms. The predicted molar refractivity (Wildman–Crippen MR) is 69.7 cm³/mol. The molecule has 0 unspecified atom stereocenters. The third kappa shape index (κ3) is 2.72. The van der Waals surface area contributed by atoms with Crippen LogP contribution in [0.4, 0.5) is 4.79 Å². The molecule has 2 amide bonds. The third-order valence-electron chi connectivity index (χ3n) is 3.50. The predicted octanol–water partition coefficient (Wildman–Crippen LogP) is 0.203. The molecule has 0 aliphatic carbocycles. The molecule has 2 aliphatic rings. The van der Waals surface area contributed by atoms with E-state index in [1.54, 1.807) is 4.90 Å². The van der Waals surface area contributed by atoms with Gasteiger partial charge in [0, 0.05) is 31.9 Å². The standard InChI is InChI=1S/C11H19N3O3S/c1-2-12-3-5-13(6-4-12)11(17)14-8-18-7-9(14)10(15)16/h9H,2-8H2,1H3,(H,15,16)/t9-/m0/s1. The van der Waals surface area contributed by atoms with E-state index < -0.39 is 12.0 Å². The van der Waals surface area contributed by atoms with Gasteiger partial charge in [-0.1, -0.05) is 6.92 Å². The van der Waals surface area contributed by atoms with E-state index in [-0.39, 0.29) is 6.03 Å². The molecule has 2 rings (SSSR count). The molecule has 2 saturated heterocycles. The summed E-state index contributed by atoms with van der Waals surface area (Å²) in [5, 5.41) is 9.08. The Balaban J connectivity index is 1.93. The number of thioether (sulfide) groups is 1. The van der Waals surface area contributed by atoms with Crippen molar-refractivity contribution in [1.29, 1.82) is 0 Å². The van der Waals surface area contributed by atoms with Crippen LogP contribution in [0.2, 0.25) is 0 Å². The molecule has 0 radical (unpaired) electrons. The minimum Gasteiger partial charge on any atom is -0.480 e. The molecule has 6 nitrogen and oxygen atoms in total. The summed E-state index contributed by atoms with van der Waals surface area (Å²) >= 11 is 1.50. The number of rotatable bonds is 2. The van der Waals surface area contributed by atoms with E-state index in [4.69, 9.17) is 5.11 Å². The van der Waals surface area contributed by atoms with Gasteiger partial charge in [0.05, 0.1) is 5.88 Å². The number of nitrogens with zero attached hydrogens (tertiary/aromatic N) is 3. The first-order chi connectivity index (χ1) is 8.63. The number of piperazine rings is 1. The van der Waals surface area contributed by atoms with E-state index in [0.717, 1.165) is 19.6 Å². The average molecular weight is 273 g/mol. The first kappa shape index (κ1) is 13.5. The Morgan fingerprint density at radius 2 is 1.94 bits per heavy atom. The lowest BCUT2D eigenvalue weighted by atomic mass is 10.3. The lowest BCUT2D eigenvalue weighted by Gasteiger charge is -2.36. The van der Waals surface area contributed by atoms with Crippen molar-refractivity contribution in [2.75, 3.05) is 44.4 Å². The minimum atomic E-state index is -0.902. The van der Waals surface area contributed by atoms with E-state index in [2.05, 4.69) is 11.8 Å². The molecule has 18 heavy (non-hydrogen) atoms. The molecule has 1 atom stereocenters. The molecular weight excluding hydrogens is 254 g/mol. The molecule has 2 heterocycles. The number of hydrogen-bond donors (Lipinski definition) is 1. The van der Waals surface area contributed by atoms with Gasteiger partial charge in [0.25, 0.3) is 0 Å². The molecule has 2 aliphatic heterocycles. The Kier molecular flexibility index (Phi) is 4.34. The highest BCUT2D eigenvalue weighted by Gasteiger charge is 2.37. The van der Waals surface area contributed by atoms with Gasteiger partial charge in [0.1, 0.15) is 6.04 Å². The molecule has 0 saturated carbocycles. The van der Waals surface area contributed by atoms with E-state index in [1.165, 1.54) is 16.7 Å². The van der Waals surface area contributed by atoms with E-state index in [0.29, 0.717) is 24.7 Å². The van der Waals surface area contributed by atoms with Crippen molar-refractivity contribution in [2.45, 2.75) is 13.0 Å². The molecule has 0 bridgehead atoms. The fourth-order valence-electron chi connectivity index (χ4n) is 2.27. The summed E-state index contributed by atoms with van der Waals surface area (Å²) in [5.41, 5.74) is 0. The van der Waals surface area contributed by atoms with Crippen molar-refractivity contribution >= 4 is 23.8 Å². The summed E-state index contributed by atoms with van der Waals surface area (Å²) in [4.78, 5) is 28.9. The maximum atomic E-state index is 12.3. The van der Waals surface area contributed by atoms with Crippen LogP contribution in [0.25, 0.3) is 0 Å². The van der Waals surface area contributed by atoms with Gasteiger partial charge in [0.15, 0.2) is 0 Å². The van der Waals surface area contributed by atoms with Crippen molar-refractivity contribution in [3.05, 3.63) is 0 Å². The first-order valence-corrected chi connectivity index (χ1v) is 7.37. The molecule has 0 aromatic carbocycles. The minimum absolute atomic E-state index is 0.122. The molecule has 102 valence electrons. The summed E-state index contributed by atoms with van der Waals surface area (Å²) in [6.07, 6.45) is 0. The highest BCUT2D eigenvalue weighted by atomic mass is 32.2. The average Bonchev–Trinajstić information content (AvgIpc) is 2.87. The second-order valence-corrected chi connectivity index (χ2v) is 5.53. The van der Waals surface area contributed by atoms with Gasteiger partial charge in [-0.2, -0.15) is 0 Å². The van der Waals surface area contributed by atoms with Crippen molar-refractivity contribution in [1.82, 2.24) is 14.7 Å².